The van der Waals surface area contributed by atoms with Crippen LogP contribution in [0.1, 0.15) is 5.56 Å². The van der Waals surface area contributed by atoms with Gasteiger partial charge in [0, 0.05) is 6.20 Å². The summed E-state index contributed by atoms with van der Waals surface area (Å²) in [5, 5.41) is 0.627. The number of nitrogen functional groups attached to an aromatic ring is 1. The quantitative estimate of drug-likeness (QED) is 0.598. The summed E-state index contributed by atoms with van der Waals surface area (Å²) >= 11 is 5.60. The number of hydrogen-bond acceptors (Lipinski definition) is 2. The monoisotopic (exact) mass is 142 g/mol. The lowest BCUT2D eigenvalue weighted by Gasteiger charge is -1.95. The molecule has 1 aromatic rings. The van der Waals surface area contributed by atoms with Crippen molar-refractivity contribution in [2.75, 3.05) is 5.73 Å². The van der Waals surface area contributed by atoms with Crippen molar-refractivity contribution in [2.24, 2.45) is 0 Å². The second-order valence-corrected chi connectivity index (χ2v) is 2.29. The molecule has 0 bridgehead atoms. The molecule has 3 heteroatoms. The van der Waals surface area contributed by atoms with Gasteiger partial charge in [0.15, 0.2) is 0 Å². The Bertz CT molecular complexity index is 222. The minimum Gasteiger partial charge on any atom is -0.383 e. The molecule has 48 valence electrons. The van der Waals surface area contributed by atoms with Gasteiger partial charge in [-0.05, 0) is 18.6 Å². The summed E-state index contributed by atoms with van der Waals surface area (Å²) in [6.45, 7) is 1.87. The van der Waals surface area contributed by atoms with Crippen molar-refractivity contribution < 1.29 is 0 Å². The average molecular weight is 143 g/mol. The number of halogens is 1. The molecule has 0 aliphatic carbocycles. The van der Waals surface area contributed by atoms with Crippen molar-refractivity contribution in [3.05, 3.63) is 22.8 Å². The Hall–Kier alpha value is -0.760. The van der Waals surface area contributed by atoms with Gasteiger partial charge in [0.1, 0.15) is 5.82 Å². The Morgan fingerprint density at radius 3 is 2.78 bits per heavy atom. The van der Waals surface area contributed by atoms with E-state index in [1.54, 1.807) is 6.07 Å². The molecule has 0 unspecified atom stereocenters. The Morgan fingerprint density at radius 2 is 2.33 bits per heavy atom. The molecule has 0 saturated carbocycles. The van der Waals surface area contributed by atoms with Gasteiger partial charge in [0.05, 0.1) is 5.02 Å². The van der Waals surface area contributed by atoms with Crippen LogP contribution in [0.15, 0.2) is 12.3 Å². The number of aromatic nitrogens is 1. The maximum absolute atomic E-state index is 5.60. The van der Waals surface area contributed by atoms with Crippen LogP contribution in [0.5, 0.6) is 0 Å². The summed E-state index contributed by atoms with van der Waals surface area (Å²) in [4.78, 5) is 3.82. The van der Waals surface area contributed by atoms with Crippen LogP contribution in [0.4, 0.5) is 5.82 Å². The summed E-state index contributed by atoms with van der Waals surface area (Å²) in [5.74, 6) is 0.541. The highest BCUT2D eigenvalue weighted by molar-refractivity contribution is 6.30. The Kier molecular flexibility index (Phi) is 1.58. The molecule has 0 spiro atoms. The van der Waals surface area contributed by atoms with Gasteiger partial charge in [-0.2, -0.15) is 0 Å². The van der Waals surface area contributed by atoms with Crippen molar-refractivity contribution in [1.82, 2.24) is 4.98 Å². The number of aryl methyl sites for hydroxylation is 1. The Balaban J connectivity index is 3.17. The topological polar surface area (TPSA) is 38.9 Å². The molecule has 1 rings (SSSR count). The SMILES string of the molecule is Cc1cc(Cl)cnc1N. The Morgan fingerprint density at radius 1 is 1.67 bits per heavy atom. The van der Waals surface area contributed by atoms with Gasteiger partial charge < -0.3 is 5.73 Å². The van der Waals surface area contributed by atoms with E-state index in [9.17, 15) is 0 Å². The molecule has 0 amide bonds. The predicted octanol–water partition coefficient (Wildman–Crippen LogP) is 1.63. The highest BCUT2D eigenvalue weighted by Crippen LogP contribution is 2.12. The van der Waals surface area contributed by atoms with Gasteiger partial charge in [-0.15, -0.1) is 0 Å². The molecule has 1 aromatic heterocycles. The van der Waals surface area contributed by atoms with Crippen LogP contribution in [0.2, 0.25) is 5.02 Å². The van der Waals surface area contributed by atoms with E-state index in [0.29, 0.717) is 10.8 Å². The van der Waals surface area contributed by atoms with Crippen LogP contribution < -0.4 is 5.73 Å². The van der Waals surface area contributed by atoms with E-state index in [-0.39, 0.29) is 0 Å². The smallest absolute Gasteiger partial charge is 0.126 e. The van der Waals surface area contributed by atoms with Crippen molar-refractivity contribution in [3.63, 3.8) is 0 Å². The molecule has 0 radical (unpaired) electrons. The van der Waals surface area contributed by atoms with Gasteiger partial charge in [0.25, 0.3) is 0 Å². The highest BCUT2D eigenvalue weighted by Gasteiger charge is 1.92. The molecular formula is C6H7ClN2. The van der Waals surface area contributed by atoms with Crippen LogP contribution in [0, 0.1) is 6.92 Å². The second kappa shape index (κ2) is 2.23. The maximum atomic E-state index is 5.60. The normalized spacial score (nSPS) is 9.56. The van der Waals surface area contributed by atoms with E-state index >= 15 is 0 Å². The van der Waals surface area contributed by atoms with E-state index in [0.717, 1.165) is 5.56 Å². The number of nitrogens with zero attached hydrogens (tertiary/aromatic N) is 1. The van der Waals surface area contributed by atoms with Crippen LogP contribution >= 0.6 is 11.6 Å². The molecule has 0 aliphatic heterocycles. The second-order valence-electron chi connectivity index (χ2n) is 1.86. The minimum atomic E-state index is 0.541. The molecule has 0 atom stereocenters. The first kappa shape index (κ1) is 6.36. The lowest BCUT2D eigenvalue weighted by molar-refractivity contribution is 1.28. The molecule has 0 fully saturated rings. The fourth-order valence-electron chi connectivity index (χ4n) is 0.551. The fourth-order valence-corrected chi connectivity index (χ4v) is 0.764. The highest BCUT2D eigenvalue weighted by atomic mass is 35.5. The van der Waals surface area contributed by atoms with Crippen molar-refractivity contribution in [1.29, 1.82) is 0 Å². The molecule has 0 aromatic carbocycles. The van der Waals surface area contributed by atoms with Gasteiger partial charge in [-0.1, -0.05) is 11.6 Å². The standard InChI is InChI=1S/C6H7ClN2/c1-4-2-5(7)3-9-6(4)8/h2-3H,1H3,(H2,8,9). The van der Waals surface area contributed by atoms with E-state index in [1.165, 1.54) is 6.20 Å². The summed E-state index contributed by atoms with van der Waals surface area (Å²) in [6.07, 6.45) is 1.53. The third kappa shape index (κ3) is 1.33. The Labute approximate surface area is 58.7 Å². The van der Waals surface area contributed by atoms with Gasteiger partial charge >= 0.3 is 0 Å². The van der Waals surface area contributed by atoms with Crippen LogP contribution in [-0.4, -0.2) is 4.98 Å². The molecular weight excluding hydrogens is 136 g/mol. The number of rotatable bonds is 0. The number of hydrogen-bond donors (Lipinski definition) is 1. The van der Waals surface area contributed by atoms with E-state index in [4.69, 9.17) is 17.3 Å². The summed E-state index contributed by atoms with van der Waals surface area (Å²) < 4.78 is 0. The zero-order chi connectivity index (χ0) is 6.85. The number of anilines is 1. The van der Waals surface area contributed by atoms with Gasteiger partial charge in [0.2, 0.25) is 0 Å². The summed E-state index contributed by atoms with van der Waals surface area (Å²) in [7, 11) is 0. The lowest BCUT2D eigenvalue weighted by atomic mass is 10.3. The van der Waals surface area contributed by atoms with Gasteiger partial charge in [-0.25, -0.2) is 4.98 Å². The molecule has 1 heterocycles. The third-order valence-electron chi connectivity index (χ3n) is 1.09. The molecule has 2 N–H and O–H groups in total. The van der Waals surface area contributed by atoms with Crippen LogP contribution in [0.3, 0.4) is 0 Å². The lowest BCUT2D eigenvalue weighted by Crippen LogP contribution is -1.91. The van der Waals surface area contributed by atoms with Crippen molar-refractivity contribution >= 4 is 17.4 Å². The molecule has 2 nitrogen and oxygen atoms in total. The molecule has 0 aliphatic rings. The summed E-state index contributed by atoms with van der Waals surface area (Å²) in [6, 6.07) is 1.78. The molecule has 0 saturated heterocycles. The molecule has 9 heavy (non-hydrogen) atoms. The van der Waals surface area contributed by atoms with Crippen molar-refractivity contribution in [2.45, 2.75) is 6.92 Å². The third-order valence-corrected chi connectivity index (χ3v) is 1.29. The first-order chi connectivity index (χ1) is 4.20. The minimum absolute atomic E-state index is 0.541. The fraction of sp³-hybridized carbons (Fsp3) is 0.167. The average Bonchev–Trinajstić information content (AvgIpc) is 1.80. The largest absolute Gasteiger partial charge is 0.383 e. The van der Waals surface area contributed by atoms with E-state index < -0.39 is 0 Å². The number of pyridine rings is 1. The first-order valence-corrected chi connectivity index (χ1v) is 2.95. The first-order valence-electron chi connectivity index (χ1n) is 2.58. The van der Waals surface area contributed by atoms with Crippen molar-refractivity contribution in [3.8, 4) is 0 Å². The van der Waals surface area contributed by atoms with Crippen LogP contribution in [-0.2, 0) is 0 Å². The predicted molar refractivity (Wildman–Crippen MR) is 38.4 cm³/mol. The summed E-state index contributed by atoms with van der Waals surface area (Å²) in [5.41, 5.74) is 6.34. The zero-order valence-electron chi connectivity index (χ0n) is 5.06. The zero-order valence-corrected chi connectivity index (χ0v) is 5.81. The van der Waals surface area contributed by atoms with Gasteiger partial charge in [-0.3, -0.25) is 0 Å². The van der Waals surface area contributed by atoms with Crippen LogP contribution in [0.25, 0.3) is 0 Å². The van der Waals surface area contributed by atoms with E-state index in [1.807, 2.05) is 6.92 Å². The maximum Gasteiger partial charge on any atom is 0.126 e. The number of nitrogens with two attached hydrogens (primary N) is 1. The van der Waals surface area contributed by atoms with E-state index in [2.05, 4.69) is 4.98 Å².